The van der Waals surface area contributed by atoms with Crippen molar-refractivity contribution in [3.8, 4) is 29.3 Å². The van der Waals surface area contributed by atoms with Gasteiger partial charge in [-0.15, -0.1) is 0 Å². The molecule has 0 saturated carbocycles. The van der Waals surface area contributed by atoms with Gasteiger partial charge in [-0.25, -0.2) is 9.69 Å². The van der Waals surface area contributed by atoms with Crippen LogP contribution >= 0.6 is 0 Å². The molecule has 0 unspecified atom stereocenters. The van der Waals surface area contributed by atoms with E-state index < -0.39 is 0 Å². The van der Waals surface area contributed by atoms with E-state index in [1.54, 1.807) is 42.5 Å². The van der Waals surface area contributed by atoms with Crippen LogP contribution in [0.4, 0.5) is 28.4 Å². The molecule has 0 aromatic heterocycles. The summed E-state index contributed by atoms with van der Waals surface area (Å²) in [4.78, 5) is 9.01. The van der Waals surface area contributed by atoms with E-state index >= 15 is 0 Å². The number of anilines is 3. The number of nitrogens with zero attached hydrogens (tertiary/aromatic N) is 6. The molecular weight excluding hydrogens is 480 g/mol. The first-order valence-electron chi connectivity index (χ1n) is 11.8. The maximum absolute atomic E-state index is 9.68. The van der Waals surface area contributed by atoms with Crippen LogP contribution in [0.2, 0.25) is 0 Å². The van der Waals surface area contributed by atoms with E-state index in [2.05, 4.69) is 27.9 Å². The topological polar surface area (TPSA) is 83.3 Å². The van der Waals surface area contributed by atoms with E-state index in [1.807, 2.05) is 59.5 Å². The predicted octanol–water partition coefficient (Wildman–Crippen LogP) is 8.69. The van der Waals surface area contributed by atoms with Crippen molar-refractivity contribution in [2.75, 3.05) is 4.90 Å². The number of hydrogen-bond donors (Lipinski definition) is 0. The molecule has 0 bridgehead atoms. The van der Waals surface area contributed by atoms with E-state index in [-0.39, 0.29) is 0 Å². The fraction of sp³-hybridized carbons (Fsp3) is 0. The number of rotatable bonds is 4. The first-order valence-corrected chi connectivity index (χ1v) is 11.8. The van der Waals surface area contributed by atoms with Crippen LogP contribution in [-0.4, -0.2) is 0 Å². The molecule has 5 aromatic carbocycles. The van der Waals surface area contributed by atoms with Crippen LogP contribution in [0.1, 0.15) is 16.7 Å². The van der Waals surface area contributed by atoms with Crippen molar-refractivity contribution >= 4 is 39.2 Å². The summed E-state index contributed by atoms with van der Waals surface area (Å²) in [6, 6.07) is 35.4. The Labute approximate surface area is 225 Å². The van der Waals surface area contributed by atoms with Crippen LogP contribution in [0.15, 0.2) is 97.1 Å². The summed E-state index contributed by atoms with van der Waals surface area (Å²) in [6.07, 6.45) is 0. The van der Waals surface area contributed by atoms with Gasteiger partial charge in [0, 0.05) is 33.3 Å². The van der Waals surface area contributed by atoms with Crippen molar-refractivity contribution in [1.29, 1.82) is 15.8 Å². The smallest absolute Gasteiger partial charge is 0.190 e. The second-order valence-electron chi connectivity index (χ2n) is 8.63. The molecule has 0 radical (unpaired) electrons. The summed E-state index contributed by atoms with van der Waals surface area (Å²) >= 11 is 0. The maximum Gasteiger partial charge on any atom is 0.190 e. The second-order valence-corrected chi connectivity index (χ2v) is 8.63. The van der Waals surface area contributed by atoms with Gasteiger partial charge in [0.25, 0.3) is 0 Å². The first kappa shape index (κ1) is 24.3. The standard InChI is InChI=1S/C33H16N6/c1-37-27-14-22(19-34)13-26(17-27)24-7-10-29(11-8-24)39(30-16-23(20-35)15-28(18-30)38-2)33-12-9-25(21-36)31-5-3-4-6-32(31)33/h3-18H. The van der Waals surface area contributed by atoms with Crippen LogP contribution < -0.4 is 4.90 Å². The third-order valence-electron chi connectivity index (χ3n) is 6.32. The van der Waals surface area contributed by atoms with Crippen LogP contribution in [0.5, 0.6) is 0 Å². The number of benzene rings is 5. The average molecular weight is 497 g/mol. The van der Waals surface area contributed by atoms with E-state index in [1.165, 1.54) is 0 Å². The Kier molecular flexibility index (Phi) is 6.42. The fourth-order valence-corrected chi connectivity index (χ4v) is 4.57. The molecule has 0 atom stereocenters. The van der Waals surface area contributed by atoms with Crippen molar-refractivity contribution in [3.63, 3.8) is 0 Å². The summed E-state index contributed by atoms with van der Waals surface area (Å²) in [5.74, 6) is 0. The lowest BCUT2D eigenvalue weighted by molar-refractivity contribution is 1.29. The molecule has 0 aliphatic carbocycles. The summed E-state index contributed by atoms with van der Waals surface area (Å²) in [7, 11) is 0. The Morgan fingerprint density at radius 1 is 0.564 bits per heavy atom. The van der Waals surface area contributed by atoms with E-state index in [0.29, 0.717) is 33.8 Å². The first-order chi connectivity index (χ1) is 19.1. The van der Waals surface area contributed by atoms with Crippen LogP contribution in [-0.2, 0) is 0 Å². The van der Waals surface area contributed by atoms with Crippen LogP contribution in [0, 0.1) is 47.1 Å². The van der Waals surface area contributed by atoms with Gasteiger partial charge in [-0.3, -0.25) is 0 Å². The third kappa shape index (κ3) is 4.60. The van der Waals surface area contributed by atoms with Crippen LogP contribution in [0.3, 0.4) is 0 Å². The number of fused-ring (bicyclic) bond motifs is 1. The Morgan fingerprint density at radius 2 is 1.21 bits per heavy atom. The number of nitriles is 3. The van der Waals surface area contributed by atoms with Gasteiger partial charge in [0.2, 0.25) is 0 Å². The van der Waals surface area contributed by atoms with Gasteiger partial charge in [0.1, 0.15) is 0 Å². The summed E-state index contributed by atoms with van der Waals surface area (Å²) in [5.41, 5.74) is 5.80. The normalized spacial score (nSPS) is 9.92. The van der Waals surface area contributed by atoms with E-state index in [0.717, 1.165) is 33.3 Å². The Balaban J connectivity index is 1.73. The van der Waals surface area contributed by atoms with Crippen molar-refractivity contribution in [1.82, 2.24) is 0 Å². The molecule has 0 aliphatic heterocycles. The lowest BCUT2D eigenvalue weighted by Gasteiger charge is -2.28. The molecule has 0 spiro atoms. The highest BCUT2D eigenvalue weighted by molar-refractivity contribution is 6.01. The van der Waals surface area contributed by atoms with Crippen molar-refractivity contribution in [2.24, 2.45) is 0 Å². The molecule has 0 amide bonds. The van der Waals surface area contributed by atoms with E-state index in [9.17, 15) is 15.8 Å². The SMILES string of the molecule is [C-]#[N+]c1cc(C#N)cc(-c2ccc(N(c3cc(C#N)cc([N+]#[C-])c3)c3ccc(C#N)c4ccccc34)cc2)c1. The molecule has 178 valence electrons. The largest absolute Gasteiger partial charge is 0.311 e. The molecule has 5 aromatic rings. The summed E-state index contributed by atoms with van der Waals surface area (Å²) in [5, 5.41) is 30.3. The summed E-state index contributed by atoms with van der Waals surface area (Å²) in [6.45, 7) is 14.9. The molecule has 0 heterocycles. The number of hydrogen-bond acceptors (Lipinski definition) is 4. The molecular formula is C33H16N6. The lowest BCUT2D eigenvalue weighted by atomic mass is 10.00. The third-order valence-corrected chi connectivity index (χ3v) is 6.32. The Hall–Kier alpha value is -6.39. The zero-order valence-corrected chi connectivity index (χ0v) is 20.4. The zero-order chi connectivity index (χ0) is 27.4. The lowest BCUT2D eigenvalue weighted by Crippen LogP contribution is -2.11. The van der Waals surface area contributed by atoms with Crippen molar-refractivity contribution < 1.29 is 0 Å². The minimum Gasteiger partial charge on any atom is -0.311 e. The van der Waals surface area contributed by atoms with Gasteiger partial charge >= 0.3 is 0 Å². The monoisotopic (exact) mass is 496 g/mol. The van der Waals surface area contributed by atoms with Gasteiger partial charge in [0.05, 0.1) is 42.6 Å². The molecule has 39 heavy (non-hydrogen) atoms. The molecule has 0 fully saturated rings. The quantitative estimate of drug-likeness (QED) is 0.233. The fourth-order valence-electron chi connectivity index (χ4n) is 4.57. The van der Waals surface area contributed by atoms with E-state index in [4.69, 9.17) is 13.1 Å². The maximum atomic E-state index is 9.68. The van der Waals surface area contributed by atoms with Crippen LogP contribution in [0.25, 0.3) is 31.6 Å². The minimum atomic E-state index is 0.337. The Bertz CT molecular complexity index is 1910. The zero-order valence-electron chi connectivity index (χ0n) is 20.4. The molecule has 0 saturated heterocycles. The highest BCUT2D eigenvalue weighted by Crippen LogP contribution is 2.42. The van der Waals surface area contributed by atoms with Crippen molar-refractivity contribution in [3.05, 3.63) is 137 Å². The highest BCUT2D eigenvalue weighted by atomic mass is 15.1. The summed E-state index contributed by atoms with van der Waals surface area (Å²) < 4.78 is 0. The average Bonchev–Trinajstić information content (AvgIpc) is 3.01. The van der Waals surface area contributed by atoms with Gasteiger partial charge in [-0.2, -0.15) is 15.8 Å². The molecule has 6 nitrogen and oxygen atoms in total. The molecule has 6 heteroatoms. The van der Waals surface area contributed by atoms with Gasteiger partial charge in [0.15, 0.2) is 11.4 Å². The molecule has 5 rings (SSSR count). The predicted molar refractivity (Wildman–Crippen MR) is 151 cm³/mol. The highest BCUT2D eigenvalue weighted by Gasteiger charge is 2.18. The van der Waals surface area contributed by atoms with Gasteiger partial charge in [-0.1, -0.05) is 36.4 Å². The minimum absolute atomic E-state index is 0.337. The van der Waals surface area contributed by atoms with Crippen molar-refractivity contribution in [2.45, 2.75) is 0 Å². The molecule has 0 N–H and O–H groups in total. The molecule has 0 aliphatic rings. The van der Waals surface area contributed by atoms with Gasteiger partial charge < -0.3 is 4.90 Å². The second kappa shape index (κ2) is 10.3. The Morgan fingerprint density at radius 3 is 1.85 bits per heavy atom. The van der Waals surface area contributed by atoms with Gasteiger partial charge in [-0.05, 0) is 71.8 Å².